The fourth-order valence-corrected chi connectivity index (χ4v) is 1.75. The Hall–Kier alpha value is -2.04. The number of amides is 1. The lowest BCUT2D eigenvalue weighted by molar-refractivity contribution is -0.120. The van der Waals surface area contributed by atoms with Crippen molar-refractivity contribution in [3.63, 3.8) is 0 Å². The molecule has 5 nitrogen and oxygen atoms in total. The van der Waals surface area contributed by atoms with E-state index in [9.17, 15) is 4.79 Å². The third kappa shape index (κ3) is 5.90. The highest BCUT2D eigenvalue weighted by Crippen LogP contribution is 2.07. The van der Waals surface area contributed by atoms with Gasteiger partial charge in [-0.05, 0) is 30.9 Å². The number of benzene rings is 1. The molecular weight excluding hydrogens is 242 g/mol. The number of oxime groups is 1. The lowest BCUT2D eigenvalue weighted by atomic mass is 10.1. The number of carbonyl (C=O) groups is 1. The molecule has 1 aromatic rings. The molecule has 1 amide bonds. The van der Waals surface area contributed by atoms with E-state index in [0.29, 0.717) is 19.4 Å². The number of nitrogens with one attached hydrogen (secondary N) is 1. The third-order valence-corrected chi connectivity index (χ3v) is 2.92. The van der Waals surface area contributed by atoms with E-state index in [2.05, 4.69) is 10.5 Å². The average Bonchev–Trinajstić information content (AvgIpc) is 2.40. The summed E-state index contributed by atoms with van der Waals surface area (Å²) in [5.41, 5.74) is 7.53. The zero-order valence-corrected chi connectivity index (χ0v) is 11.2. The number of hydrogen-bond acceptors (Lipinski definition) is 3. The van der Waals surface area contributed by atoms with E-state index in [1.807, 2.05) is 31.2 Å². The molecule has 0 saturated carbocycles. The molecule has 0 bridgehead atoms. The molecule has 0 atom stereocenters. The van der Waals surface area contributed by atoms with Gasteiger partial charge >= 0.3 is 0 Å². The molecule has 5 heteroatoms. The summed E-state index contributed by atoms with van der Waals surface area (Å²) in [7, 11) is 0. The van der Waals surface area contributed by atoms with Crippen molar-refractivity contribution in [2.45, 2.75) is 32.6 Å². The number of nitrogens with two attached hydrogens (primary N) is 1. The van der Waals surface area contributed by atoms with Crippen molar-refractivity contribution >= 4 is 11.7 Å². The Morgan fingerprint density at radius 3 is 2.79 bits per heavy atom. The van der Waals surface area contributed by atoms with Gasteiger partial charge in [-0.1, -0.05) is 29.4 Å². The van der Waals surface area contributed by atoms with E-state index in [0.717, 1.165) is 24.0 Å². The summed E-state index contributed by atoms with van der Waals surface area (Å²) in [5.74, 6) is 0.254. The van der Waals surface area contributed by atoms with Crippen molar-refractivity contribution in [2.75, 3.05) is 6.54 Å². The van der Waals surface area contributed by atoms with Crippen LogP contribution in [0, 0.1) is 6.92 Å². The Kier molecular flexibility index (Phi) is 6.43. The summed E-state index contributed by atoms with van der Waals surface area (Å²) < 4.78 is 0. The molecule has 0 aromatic heterocycles. The number of amidine groups is 1. The average molecular weight is 263 g/mol. The minimum atomic E-state index is 0.0260. The topological polar surface area (TPSA) is 87.7 Å². The minimum Gasteiger partial charge on any atom is -0.409 e. The summed E-state index contributed by atoms with van der Waals surface area (Å²) in [6, 6.07) is 7.86. The molecule has 0 fully saturated rings. The third-order valence-electron chi connectivity index (χ3n) is 2.92. The Bertz CT molecular complexity index is 444. The van der Waals surface area contributed by atoms with Crippen LogP contribution in [0.5, 0.6) is 0 Å². The monoisotopic (exact) mass is 263 g/mol. The highest BCUT2D eigenvalue weighted by Gasteiger charge is 2.04. The molecule has 104 valence electrons. The number of unbranched alkanes of at least 4 members (excludes halogenated alkanes) is 1. The first-order valence-corrected chi connectivity index (χ1v) is 6.41. The van der Waals surface area contributed by atoms with Crippen molar-refractivity contribution in [3.8, 4) is 0 Å². The van der Waals surface area contributed by atoms with Crippen molar-refractivity contribution in [3.05, 3.63) is 35.4 Å². The number of nitrogens with zero attached hydrogens (tertiary/aromatic N) is 1. The van der Waals surface area contributed by atoms with Crippen LogP contribution in [-0.4, -0.2) is 23.5 Å². The van der Waals surface area contributed by atoms with Gasteiger partial charge in [0, 0.05) is 13.0 Å². The quantitative estimate of drug-likeness (QED) is 0.229. The lowest BCUT2D eigenvalue weighted by Gasteiger charge is -2.07. The van der Waals surface area contributed by atoms with Gasteiger partial charge in [-0.3, -0.25) is 4.79 Å². The summed E-state index contributed by atoms with van der Waals surface area (Å²) in [6.07, 6.45) is 2.56. The summed E-state index contributed by atoms with van der Waals surface area (Å²) >= 11 is 0. The van der Waals surface area contributed by atoms with Crippen LogP contribution in [0.2, 0.25) is 0 Å². The fourth-order valence-electron chi connectivity index (χ4n) is 1.75. The van der Waals surface area contributed by atoms with Gasteiger partial charge in [0.2, 0.25) is 5.91 Å². The molecule has 0 heterocycles. The van der Waals surface area contributed by atoms with E-state index in [4.69, 9.17) is 10.9 Å². The Balaban J connectivity index is 2.20. The molecule has 1 aromatic carbocycles. The van der Waals surface area contributed by atoms with Crippen LogP contribution < -0.4 is 11.1 Å². The normalized spacial score (nSPS) is 11.3. The van der Waals surface area contributed by atoms with Gasteiger partial charge in [0.1, 0.15) is 5.84 Å². The first-order chi connectivity index (χ1) is 9.13. The molecule has 0 aliphatic carbocycles. The van der Waals surface area contributed by atoms with Gasteiger partial charge in [0.25, 0.3) is 0 Å². The van der Waals surface area contributed by atoms with Crippen LogP contribution in [0.25, 0.3) is 0 Å². The van der Waals surface area contributed by atoms with E-state index < -0.39 is 0 Å². The molecule has 4 N–H and O–H groups in total. The largest absolute Gasteiger partial charge is 0.409 e. The Morgan fingerprint density at radius 2 is 2.11 bits per heavy atom. The number of rotatable bonds is 7. The van der Waals surface area contributed by atoms with Crippen molar-refractivity contribution in [1.82, 2.24) is 5.32 Å². The predicted molar refractivity (Wildman–Crippen MR) is 75.2 cm³/mol. The molecule has 0 saturated heterocycles. The predicted octanol–water partition coefficient (Wildman–Crippen LogP) is 1.57. The van der Waals surface area contributed by atoms with Crippen molar-refractivity contribution in [2.24, 2.45) is 10.9 Å². The van der Waals surface area contributed by atoms with E-state index >= 15 is 0 Å². The van der Waals surface area contributed by atoms with Gasteiger partial charge in [-0.15, -0.1) is 0 Å². The molecular formula is C14H21N3O2. The van der Waals surface area contributed by atoms with Gasteiger partial charge in [0.05, 0.1) is 6.42 Å². The molecule has 0 aliphatic heterocycles. The molecule has 0 radical (unpaired) electrons. The first kappa shape index (κ1) is 15.0. The second kappa shape index (κ2) is 8.13. The molecule has 1 rings (SSSR count). The second-order valence-corrected chi connectivity index (χ2v) is 4.50. The van der Waals surface area contributed by atoms with Crippen molar-refractivity contribution in [1.29, 1.82) is 0 Å². The highest BCUT2D eigenvalue weighted by atomic mass is 16.4. The number of carbonyl (C=O) groups excluding carboxylic acids is 1. The maximum atomic E-state index is 11.7. The highest BCUT2D eigenvalue weighted by molar-refractivity contribution is 5.79. The zero-order chi connectivity index (χ0) is 14.1. The maximum Gasteiger partial charge on any atom is 0.224 e. The van der Waals surface area contributed by atoms with Crippen LogP contribution in [0.4, 0.5) is 0 Å². The molecule has 0 aliphatic rings. The first-order valence-electron chi connectivity index (χ1n) is 6.41. The van der Waals surface area contributed by atoms with Crippen molar-refractivity contribution < 1.29 is 10.0 Å². The lowest BCUT2D eigenvalue weighted by Crippen LogP contribution is -2.26. The SMILES string of the molecule is Cc1ccccc1CC(=O)NCCCCC(N)=NO. The molecule has 0 unspecified atom stereocenters. The second-order valence-electron chi connectivity index (χ2n) is 4.50. The maximum absolute atomic E-state index is 11.7. The van der Waals surface area contributed by atoms with Crippen LogP contribution in [-0.2, 0) is 11.2 Å². The molecule has 0 spiro atoms. The van der Waals surface area contributed by atoms with Gasteiger partial charge < -0.3 is 16.3 Å². The Morgan fingerprint density at radius 1 is 1.37 bits per heavy atom. The number of hydrogen-bond donors (Lipinski definition) is 3. The van der Waals surface area contributed by atoms with Gasteiger partial charge in [0.15, 0.2) is 0 Å². The summed E-state index contributed by atoms with van der Waals surface area (Å²) in [6.45, 7) is 2.61. The van der Waals surface area contributed by atoms with E-state index in [1.165, 1.54) is 0 Å². The van der Waals surface area contributed by atoms with E-state index in [-0.39, 0.29) is 11.7 Å². The van der Waals surface area contributed by atoms with Gasteiger partial charge in [-0.25, -0.2) is 0 Å². The minimum absolute atomic E-state index is 0.0260. The van der Waals surface area contributed by atoms with E-state index in [1.54, 1.807) is 0 Å². The van der Waals surface area contributed by atoms with Crippen LogP contribution >= 0.6 is 0 Å². The van der Waals surface area contributed by atoms with Crippen LogP contribution in [0.15, 0.2) is 29.4 Å². The van der Waals surface area contributed by atoms with Crippen LogP contribution in [0.1, 0.15) is 30.4 Å². The van der Waals surface area contributed by atoms with Crippen LogP contribution in [0.3, 0.4) is 0 Å². The smallest absolute Gasteiger partial charge is 0.224 e. The summed E-state index contributed by atoms with van der Waals surface area (Å²) in [4.78, 5) is 11.7. The summed E-state index contributed by atoms with van der Waals surface area (Å²) in [5, 5.41) is 14.1. The Labute approximate surface area is 113 Å². The van der Waals surface area contributed by atoms with Gasteiger partial charge in [-0.2, -0.15) is 0 Å². The molecule has 19 heavy (non-hydrogen) atoms. The standard InChI is InChI=1S/C14H21N3O2/c1-11-6-2-3-7-12(11)10-14(18)16-9-5-4-8-13(15)17-19/h2-3,6-7,19H,4-5,8-10H2,1H3,(H2,15,17)(H,16,18). The number of aryl methyl sites for hydroxylation is 1. The fraction of sp³-hybridized carbons (Fsp3) is 0.429. The zero-order valence-electron chi connectivity index (χ0n) is 11.2.